The number of fused-ring (bicyclic) bond motifs is 3. The highest BCUT2D eigenvalue weighted by Gasteiger charge is 2.16. The largest absolute Gasteiger partial charge is 0.264 e. The molecule has 0 N–H and O–H groups in total. The number of nitrogens with zero attached hydrogens (tertiary/aromatic N) is 3. The molecule has 9 aromatic rings. The molecule has 9 rings (SSSR count). The molecule has 0 unspecified atom stereocenters. The molecular formula is C45H29N3S. The maximum atomic E-state index is 5.25. The lowest BCUT2D eigenvalue weighted by Crippen LogP contribution is -1.97. The molecule has 230 valence electrons. The molecular weight excluding hydrogens is 615 g/mol. The number of rotatable bonds is 6. The third-order valence-corrected chi connectivity index (χ3v) is 10.1. The van der Waals surface area contributed by atoms with Gasteiger partial charge in [-0.2, -0.15) is 0 Å². The van der Waals surface area contributed by atoms with Crippen molar-refractivity contribution in [3.63, 3.8) is 0 Å². The predicted molar refractivity (Wildman–Crippen MR) is 205 cm³/mol. The van der Waals surface area contributed by atoms with Crippen LogP contribution in [0.15, 0.2) is 176 Å². The van der Waals surface area contributed by atoms with Crippen LogP contribution in [0.2, 0.25) is 0 Å². The second-order valence-corrected chi connectivity index (χ2v) is 13.2. The van der Waals surface area contributed by atoms with Gasteiger partial charge in [-0.05, 0) is 75.8 Å². The summed E-state index contributed by atoms with van der Waals surface area (Å²) in [6.45, 7) is 0. The molecule has 0 aliphatic heterocycles. The Bertz CT molecular complexity index is 2580. The van der Waals surface area contributed by atoms with E-state index >= 15 is 0 Å². The minimum atomic E-state index is 0.687. The fourth-order valence-corrected chi connectivity index (χ4v) is 7.70. The molecule has 0 bridgehead atoms. The molecule has 0 radical (unpaired) electrons. The van der Waals surface area contributed by atoms with Crippen LogP contribution in [0.1, 0.15) is 0 Å². The fraction of sp³-hybridized carbons (Fsp3) is 0. The summed E-state index contributed by atoms with van der Waals surface area (Å²) in [6.07, 6.45) is 3.68. The minimum absolute atomic E-state index is 0.687. The third kappa shape index (κ3) is 5.58. The number of pyridine rings is 1. The number of thiophene rings is 1. The molecule has 0 atom stereocenters. The van der Waals surface area contributed by atoms with Gasteiger partial charge >= 0.3 is 0 Å². The first kappa shape index (κ1) is 29.0. The van der Waals surface area contributed by atoms with Crippen molar-refractivity contribution in [2.45, 2.75) is 0 Å². The van der Waals surface area contributed by atoms with Crippen LogP contribution in [0.3, 0.4) is 0 Å². The summed E-state index contributed by atoms with van der Waals surface area (Å²) in [5.41, 5.74) is 11.7. The van der Waals surface area contributed by atoms with Gasteiger partial charge in [0, 0.05) is 49.3 Å². The number of hydrogen-bond acceptors (Lipinski definition) is 4. The molecule has 0 spiro atoms. The maximum Gasteiger partial charge on any atom is 0.160 e. The van der Waals surface area contributed by atoms with Gasteiger partial charge in [0.15, 0.2) is 5.82 Å². The Hall–Kier alpha value is -6.23. The minimum Gasteiger partial charge on any atom is -0.264 e. The summed E-state index contributed by atoms with van der Waals surface area (Å²) < 4.78 is 2.59. The van der Waals surface area contributed by atoms with Crippen molar-refractivity contribution < 1.29 is 0 Å². The van der Waals surface area contributed by atoms with Crippen LogP contribution in [0.25, 0.3) is 87.5 Å². The summed E-state index contributed by atoms with van der Waals surface area (Å²) in [7, 11) is 0. The summed E-state index contributed by atoms with van der Waals surface area (Å²) in [5.74, 6) is 0.687. The van der Waals surface area contributed by atoms with Crippen molar-refractivity contribution in [1.82, 2.24) is 15.0 Å². The van der Waals surface area contributed by atoms with Crippen LogP contribution < -0.4 is 0 Å². The van der Waals surface area contributed by atoms with Gasteiger partial charge in [-0.15, -0.1) is 11.3 Å². The van der Waals surface area contributed by atoms with Gasteiger partial charge in [0.05, 0.1) is 11.4 Å². The average Bonchev–Trinajstić information content (AvgIpc) is 3.58. The Morgan fingerprint density at radius 1 is 0.388 bits per heavy atom. The van der Waals surface area contributed by atoms with E-state index in [9.17, 15) is 0 Å². The summed E-state index contributed by atoms with van der Waals surface area (Å²) in [5, 5.41) is 2.58. The van der Waals surface area contributed by atoms with Crippen LogP contribution in [0, 0.1) is 0 Å². The second kappa shape index (κ2) is 12.4. The first-order valence-corrected chi connectivity index (χ1v) is 17.2. The van der Waals surface area contributed by atoms with Crippen molar-refractivity contribution in [1.29, 1.82) is 0 Å². The molecule has 0 amide bonds. The SMILES string of the molecule is c1ccc(-c2cc(-c3cc(-c4ccccc4)nc(-c4ccc(-c5cccnc5)cc4)n3)cc(-c3cccc4sc5ccccc5c34)c2)cc1. The molecule has 49 heavy (non-hydrogen) atoms. The van der Waals surface area contributed by atoms with Crippen molar-refractivity contribution in [2.24, 2.45) is 0 Å². The molecule has 0 aliphatic rings. The second-order valence-electron chi connectivity index (χ2n) is 12.1. The van der Waals surface area contributed by atoms with Gasteiger partial charge in [-0.25, -0.2) is 9.97 Å². The summed E-state index contributed by atoms with van der Waals surface area (Å²) in [6, 6.07) is 57.8. The Balaban J connectivity index is 1.25. The zero-order valence-electron chi connectivity index (χ0n) is 26.5. The first-order chi connectivity index (χ1) is 24.3. The van der Waals surface area contributed by atoms with Crippen molar-refractivity contribution in [3.8, 4) is 67.3 Å². The third-order valence-electron chi connectivity index (χ3n) is 8.98. The highest BCUT2D eigenvalue weighted by molar-refractivity contribution is 7.25. The molecule has 0 aliphatic carbocycles. The highest BCUT2D eigenvalue weighted by Crippen LogP contribution is 2.42. The molecule has 3 heterocycles. The van der Waals surface area contributed by atoms with E-state index in [1.54, 1.807) is 6.20 Å². The summed E-state index contributed by atoms with van der Waals surface area (Å²) in [4.78, 5) is 14.7. The Kier molecular flexibility index (Phi) is 7.34. The van der Waals surface area contributed by atoms with E-state index in [1.807, 2.05) is 29.7 Å². The van der Waals surface area contributed by atoms with E-state index in [2.05, 4.69) is 157 Å². The molecule has 0 saturated carbocycles. The zero-order chi connectivity index (χ0) is 32.6. The fourth-order valence-electron chi connectivity index (χ4n) is 6.57. The Morgan fingerprint density at radius 2 is 1.00 bits per heavy atom. The van der Waals surface area contributed by atoms with Gasteiger partial charge in [0.25, 0.3) is 0 Å². The molecule has 0 saturated heterocycles. The van der Waals surface area contributed by atoms with Gasteiger partial charge < -0.3 is 0 Å². The van der Waals surface area contributed by atoms with Crippen LogP contribution in [-0.4, -0.2) is 15.0 Å². The molecule has 0 fully saturated rings. The lowest BCUT2D eigenvalue weighted by atomic mass is 9.92. The van der Waals surface area contributed by atoms with E-state index in [-0.39, 0.29) is 0 Å². The van der Waals surface area contributed by atoms with Crippen LogP contribution in [0.4, 0.5) is 0 Å². The first-order valence-electron chi connectivity index (χ1n) is 16.3. The highest BCUT2D eigenvalue weighted by atomic mass is 32.1. The average molecular weight is 644 g/mol. The number of aromatic nitrogens is 3. The van der Waals surface area contributed by atoms with Crippen molar-refractivity contribution >= 4 is 31.5 Å². The molecule has 3 nitrogen and oxygen atoms in total. The van der Waals surface area contributed by atoms with E-state index < -0.39 is 0 Å². The predicted octanol–water partition coefficient (Wildman–Crippen LogP) is 12.2. The van der Waals surface area contributed by atoms with Crippen LogP contribution in [0.5, 0.6) is 0 Å². The summed E-state index contributed by atoms with van der Waals surface area (Å²) >= 11 is 1.85. The van der Waals surface area contributed by atoms with E-state index in [4.69, 9.17) is 9.97 Å². The van der Waals surface area contributed by atoms with E-state index in [1.165, 1.54) is 25.7 Å². The normalized spacial score (nSPS) is 11.3. The monoisotopic (exact) mass is 643 g/mol. The Morgan fingerprint density at radius 3 is 1.78 bits per heavy atom. The molecule has 4 heteroatoms. The maximum absolute atomic E-state index is 5.25. The van der Waals surface area contributed by atoms with E-state index in [0.717, 1.165) is 55.9 Å². The zero-order valence-corrected chi connectivity index (χ0v) is 27.3. The Labute approximate surface area is 288 Å². The number of benzene rings is 6. The van der Waals surface area contributed by atoms with Crippen LogP contribution in [-0.2, 0) is 0 Å². The van der Waals surface area contributed by atoms with Crippen molar-refractivity contribution in [2.75, 3.05) is 0 Å². The van der Waals surface area contributed by atoms with Gasteiger partial charge in [0.1, 0.15) is 0 Å². The number of hydrogen-bond donors (Lipinski definition) is 0. The van der Waals surface area contributed by atoms with Gasteiger partial charge in [-0.1, -0.05) is 121 Å². The topological polar surface area (TPSA) is 38.7 Å². The van der Waals surface area contributed by atoms with E-state index in [0.29, 0.717) is 5.82 Å². The lowest BCUT2D eigenvalue weighted by molar-refractivity contribution is 1.18. The molecule has 3 aromatic heterocycles. The lowest BCUT2D eigenvalue weighted by Gasteiger charge is -2.14. The van der Waals surface area contributed by atoms with Crippen LogP contribution >= 0.6 is 11.3 Å². The smallest absolute Gasteiger partial charge is 0.160 e. The quantitative estimate of drug-likeness (QED) is 0.181. The standard InChI is InChI=1S/C45H29N3S/c1-3-11-30(12-4-1)35-25-36(38-17-9-19-43-44(38)39-16-7-8-18-42(39)49-43)27-37(26-35)41-28-40(32-13-5-2-6-14-32)47-45(48-41)33-22-20-31(21-23-33)34-15-10-24-46-29-34/h1-29H. The van der Waals surface area contributed by atoms with Gasteiger partial charge in [-0.3, -0.25) is 4.98 Å². The molecule has 6 aromatic carbocycles. The van der Waals surface area contributed by atoms with Gasteiger partial charge in [0.2, 0.25) is 0 Å². The van der Waals surface area contributed by atoms with Crippen molar-refractivity contribution in [3.05, 3.63) is 176 Å².